The van der Waals surface area contributed by atoms with Crippen LogP contribution in [0, 0.1) is 35.3 Å². The first-order valence-electron chi connectivity index (χ1n) is 11.4. The molecule has 1 aromatic carbocycles. The molecule has 0 saturated heterocycles. The SMILES string of the molecule is CCCOc1ccc(CCC(C)CCC(C)C(C)CCC(C)CC)c(F)c1F. The summed E-state index contributed by atoms with van der Waals surface area (Å²) in [6, 6.07) is 3.24. The lowest BCUT2D eigenvalue weighted by Gasteiger charge is -2.23. The molecule has 0 N–H and O–H groups in total. The van der Waals surface area contributed by atoms with Crippen LogP contribution in [0.4, 0.5) is 8.78 Å². The molecular weight excluding hydrogens is 354 g/mol. The molecule has 28 heavy (non-hydrogen) atoms. The van der Waals surface area contributed by atoms with Gasteiger partial charge in [-0.2, -0.15) is 4.39 Å². The molecule has 0 aliphatic heterocycles. The summed E-state index contributed by atoms with van der Waals surface area (Å²) in [6.07, 6.45) is 8.49. The number of halogens is 2. The number of benzene rings is 1. The van der Waals surface area contributed by atoms with Crippen molar-refractivity contribution in [1.29, 1.82) is 0 Å². The van der Waals surface area contributed by atoms with Crippen LogP contribution in [0.15, 0.2) is 12.1 Å². The lowest BCUT2D eigenvalue weighted by atomic mass is 9.83. The average Bonchev–Trinajstić information content (AvgIpc) is 2.70. The molecule has 0 bridgehead atoms. The molecule has 1 nitrogen and oxygen atoms in total. The molecule has 0 aromatic heterocycles. The van der Waals surface area contributed by atoms with Gasteiger partial charge in [-0.3, -0.25) is 0 Å². The van der Waals surface area contributed by atoms with Crippen LogP contribution in [0.2, 0.25) is 0 Å². The zero-order chi connectivity index (χ0) is 21.1. The van der Waals surface area contributed by atoms with Crippen LogP contribution in [-0.4, -0.2) is 6.61 Å². The summed E-state index contributed by atoms with van der Waals surface area (Å²) in [5, 5.41) is 0. The second-order valence-corrected chi connectivity index (χ2v) is 8.97. The minimum absolute atomic E-state index is 0.0244. The van der Waals surface area contributed by atoms with E-state index in [1.54, 1.807) is 12.1 Å². The van der Waals surface area contributed by atoms with Gasteiger partial charge in [0.25, 0.3) is 0 Å². The van der Waals surface area contributed by atoms with Crippen molar-refractivity contribution in [2.45, 2.75) is 92.9 Å². The van der Waals surface area contributed by atoms with Crippen molar-refractivity contribution in [3.63, 3.8) is 0 Å². The second kappa shape index (κ2) is 13.2. The van der Waals surface area contributed by atoms with E-state index in [2.05, 4.69) is 34.6 Å². The van der Waals surface area contributed by atoms with E-state index in [0.29, 0.717) is 24.5 Å². The monoisotopic (exact) mass is 396 g/mol. The van der Waals surface area contributed by atoms with Gasteiger partial charge in [0, 0.05) is 0 Å². The first-order chi connectivity index (χ1) is 13.3. The van der Waals surface area contributed by atoms with Crippen molar-refractivity contribution in [2.24, 2.45) is 23.7 Å². The molecule has 0 spiro atoms. The fraction of sp³-hybridized carbons (Fsp3) is 0.760. The van der Waals surface area contributed by atoms with Crippen LogP contribution in [0.5, 0.6) is 5.75 Å². The summed E-state index contributed by atoms with van der Waals surface area (Å²) in [7, 11) is 0. The molecule has 0 saturated carbocycles. The highest BCUT2D eigenvalue weighted by atomic mass is 19.2. The zero-order valence-corrected chi connectivity index (χ0v) is 19.0. The Hall–Kier alpha value is -1.12. The largest absolute Gasteiger partial charge is 0.490 e. The lowest BCUT2D eigenvalue weighted by Crippen LogP contribution is -2.11. The molecule has 0 fully saturated rings. The van der Waals surface area contributed by atoms with E-state index in [4.69, 9.17) is 4.74 Å². The maximum atomic E-state index is 14.3. The van der Waals surface area contributed by atoms with Crippen LogP contribution >= 0.6 is 0 Å². The predicted molar refractivity (Wildman–Crippen MR) is 116 cm³/mol. The molecule has 3 heteroatoms. The highest BCUT2D eigenvalue weighted by molar-refractivity contribution is 5.31. The van der Waals surface area contributed by atoms with Crippen LogP contribution < -0.4 is 4.74 Å². The third kappa shape index (κ3) is 8.49. The fourth-order valence-electron chi connectivity index (χ4n) is 3.50. The van der Waals surface area contributed by atoms with Crippen molar-refractivity contribution < 1.29 is 13.5 Å². The van der Waals surface area contributed by atoms with Crippen molar-refractivity contribution in [1.82, 2.24) is 0 Å². The Morgan fingerprint density at radius 2 is 1.39 bits per heavy atom. The van der Waals surface area contributed by atoms with Gasteiger partial charge in [0.2, 0.25) is 5.82 Å². The van der Waals surface area contributed by atoms with E-state index in [1.807, 2.05) is 6.92 Å². The Balaban J connectivity index is 2.41. The topological polar surface area (TPSA) is 9.23 Å². The quantitative estimate of drug-likeness (QED) is 0.308. The molecule has 1 aromatic rings. The van der Waals surface area contributed by atoms with E-state index < -0.39 is 11.6 Å². The Kier molecular flexibility index (Phi) is 11.7. The first kappa shape index (κ1) is 24.9. The van der Waals surface area contributed by atoms with Gasteiger partial charge in [0.05, 0.1) is 6.61 Å². The highest BCUT2D eigenvalue weighted by Gasteiger charge is 2.17. The van der Waals surface area contributed by atoms with E-state index in [1.165, 1.54) is 25.7 Å². The molecule has 0 aliphatic carbocycles. The lowest BCUT2D eigenvalue weighted by molar-refractivity contribution is 0.290. The van der Waals surface area contributed by atoms with Crippen LogP contribution in [0.25, 0.3) is 0 Å². The molecule has 0 aliphatic rings. The summed E-state index contributed by atoms with van der Waals surface area (Å²) in [4.78, 5) is 0. The van der Waals surface area contributed by atoms with Crippen LogP contribution in [0.1, 0.15) is 92.1 Å². The number of hydrogen-bond donors (Lipinski definition) is 0. The standard InChI is InChI=1S/C25H42F2O/c1-7-17-28-23-16-15-22(24(26)25(23)27)14-11-19(4)10-13-21(6)20(5)12-9-18(3)8-2/h15-16,18-21H,7-14,17H2,1-6H3. The summed E-state index contributed by atoms with van der Waals surface area (Å²) in [6.45, 7) is 13.9. The first-order valence-corrected chi connectivity index (χ1v) is 11.4. The summed E-state index contributed by atoms with van der Waals surface area (Å²) in [5.41, 5.74) is 0.461. The smallest absolute Gasteiger partial charge is 0.200 e. The Morgan fingerprint density at radius 1 is 0.786 bits per heavy atom. The van der Waals surface area contributed by atoms with Gasteiger partial charge in [0.15, 0.2) is 11.6 Å². The van der Waals surface area contributed by atoms with E-state index in [0.717, 1.165) is 37.0 Å². The summed E-state index contributed by atoms with van der Waals surface area (Å²) in [5.74, 6) is 1.25. The zero-order valence-electron chi connectivity index (χ0n) is 19.0. The fourth-order valence-corrected chi connectivity index (χ4v) is 3.50. The molecular formula is C25H42F2O. The van der Waals surface area contributed by atoms with Crippen LogP contribution in [0.3, 0.4) is 0 Å². The summed E-state index contributed by atoms with van der Waals surface area (Å²) >= 11 is 0. The minimum atomic E-state index is -0.845. The number of ether oxygens (including phenoxy) is 1. The maximum Gasteiger partial charge on any atom is 0.200 e. The molecule has 0 radical (unpaired) electrons. The molecule has 0 heterocycles. The molecule has 162 valence electrons. The predicted octanol–water partition coefficient (Wildman–Crippen LogP) is 8.20. The third-order valence-corrected chi connectivity index (χ3v) is 6.39. The molecule has 4 atom stereocenters. The Labute approximate surface area is 172 Å². The normalized spacial score (nSPS) is 15.9. The highest BCUT2D eigenvalue weighted by Crippen LogP contribution is 2.28. The van der Waals surface area contributed by atoms with Gasteiger partial charge in [-0.1, -0.05) is 79.7 Å². The van der Waals surface area contributed by atoms with Gasteiger partial charge < -0.3 is 4.74 Å². The molecule has 4 unspecified atom stereocenters. The van der Waals surface area contributed by atoms with Crippen molar-refractivity contribution in [2.75, 3.05) is 6.61 Å². The van der Waals surface area contributed by atoms with Crippen LogP contribution in [-0.2, 0) is 6.42 Å². The van der Waals surface area contributed by atoms with Gasteiger partial charge in [-0.25, -0.2) is 4.39 Å². The van der Waals surface area contributed by atoms with Gasteiger partial charge in [-0.15, -0.1) is 0 Å². The Morgan fingerprint density at radius 3 is 1.96 bits per heavy atom. The van der Waals surface area contributed by atoms with Crippen molar-refractivity contribution in [3.8, 4) is 5.75 Å². The second-order valence-electron chi connectivity index (χ2n) is 8.97. The molecule has 0 amide bonds. The average molecular weight is 397 g/mol. The van der Waals surface area contributed by atoms with E-state index >= 15 is 0 Å². The van der Waals surface area contributed by atoms with Gasteiger partial charge in [0.1, 0.15) is 0 Å². The van der Waals surface area contributed by atoms with Gasteiger partial charge >= 0.3 is 0 Å². The Bertz CT molecular complexity index is 558. The van der Waals surface area contributed by atoms with Crippen molar-refractivity contribution >= 4 is 0 Å². The molecule has 1 rings (SSSR count). The van der Waals surface area contributed by atoms with E-state index in [-0.39, 0.29) is 5.75 Å². The summed E-state index contributed by atoms with van der Waals surface area (Å²) < 4.78 is 33.7. The van der Waals surface area contributed by atoms with Gasteiger partial charge in [-0.05, 0) is 54.6 Å². The number of rotatable bonds is 14. The van der Waals surface area contributed by atoms with E-state index in [9.17, 15) is 8.78 Å². The van der Waals surface area contributed by atoms with Crippen molar-refractivity contribution in [3.05, 3.63) is 29.3 Å². The maximum absolute atomic E-state index is 14.3. The third-order valence-electron chi connectivity index (χ3n) is 6.39. The number of hydrogen-bond acceptors (Lipinski definition) is 1. The number of aryl methyl sites for hydroxylation is 1. The minimum Gasteiger partial charge on any atom is -0.490 e.